The molecule has 2 N–H and O–H groups in total. The van der Waals surface area contributed by atoms with Crippen LogP contribution in [0.3, 0.4) is 0 Å². The van der Waals surface area contributed by atoms with Crippen LogP contribution >= 0.6 is 0 Å². The van der Waals surface area contributed by atoms with Gasteiger partial charge in [0.1, 0.15) is 11.5 Å². The lowest BCUT2D eigenvalue weighted by atomic mass is 10.1. The van der Waals surface area contributed by atoms with Gasteiger partial charge in [0.15, 0.2) is 0 Å². The molecule has 0 radical (unpaired) electrons. The summed E-state index contributed by atoms with van der Waals surface area (Å²) in [5, 5.41) is 6.90. The number of aryl methyl sites for hydroxylation is 1. The van der Waals surface area contributed by atoms with E-state index in [1.807, 2.05) is 31.2 Å². The molecule has 7 nitrogen and oxygen atoms in total. The molecule has 2 aromatic carbocycles. The molecule has 0 heterocycles. The number of carbonyl (C=O) groups excluding carboxylic acids is 2. The summed E-state index contributed by atoms with van der Waals surface area (Å²) in [4.78, 5) is 24.0. The van der Waals surface area contributed by atoms with Gasteiger partial charge in [0.05, 0.1) is 19.9 Å². The fraction of sp³-hybridized carbons (Fsp3) is 0.286. The lowest BCUT2D eigenvalue weighted by Crippen LogP contribution is -2.22. The minimum atomic E-state index is -0.341. The number of nitrogens with one attached hydrogen (secondary N) is 2. The van der Waals surface area contributed by atoms with Gasteiger partial charge in [0.2, 0.25) is 11.8 Å². The van der Waals surface area contributed by atoms with Gasteiger partial charge in [-0.25, -0.2) is 5.43 Å². The van der Waals surface area contributed by atoms with Crippen molar-refractivity contribution in [3.05, 3.63) is 53.6 Å². The summed E-state index contributed by atoms with van der Waals surface area (Å²) >= 11 is 0. The number of hydrazone groups is 1. The van der Waals surface area contributed by atoms with Crippen LogP contribution in [0.5, 0.6) is 11.5 Å². The van der Waals surface area contributed by atoms with E-state index in [1.54, 1.807) is 39.3 Å². The average Bonchev–Trinajstić information content (AvgIpc) is 2.71. The molecule has 7 heteroatoms. The predicted molar refractivity (Wildman–Crippen MR) is 109 cm³/mol. The van der Waals surface area contributed by atoms with E-state index >= 15 is 0 Å². The molecule has 0 aliphatic carbocycles. The molecule has 0 atom stereocenters. The van der Waals surface area contributed by atoms with Crippen molar-refractivity contribution < 1.29 is 19.1 Å². The van der Waals surface area contributed by atoms with Gasteiger partial charge >= 0.3 is 0 Å². The Balaban J connectivity index is 1.89. The summed E-state index contributed by atoms with van der Waals surface area (Å²) in [6, 6.07) is 12.8. The second-order valence-electron chi connectivity index (χ2n) is 6.16. The van der Waals surface area contributed by atoms with Crippen LogP contribution in [-0.2, 0) is 9.59 Å². The fourth-order valence-electron chi connectivity index (χ4n) is 2.51. The van der Waals surface area contributed by atoms with E-state index in [2.05, 4.69) is 15.8 Å². The number of methoxy groups -OCH3 is 2. The van der Waals surface area contributed by atoms with Crippen molar-refractivity contribution in [3.8, 4) is 11.5 Å². The minimum absolute atomic E-state index is 0.0360. The van der Waals surface area contributed by atoms with Crippen LogP contribution in [0.25, 0.3) is 0 Å². The van der Waals surface area contributed by atoms with Gasteiger partial charge in [0.25, 0.3) is 0 Å². The summed E-state index contributed by atoms with van der Waals surface area (Å²) in [5.41, 5.74) is 5.50. The molecule has 2 rings (SSSR count). The maximum Gasteiger partial charge on any atom is 0.240 e. The van der Waals surface area contributed by atoms with Crippen LogP contribution in [-0.4, -0.2) is 31.7 Å². The van der Waals surface area contributed by atoms with E-state index in [9.17, 15) is 9.59 Å². The third-order valence-corrected chi connectivity index (χ3v) is 4.15. The summed E-state index contributed by atoms with van der Waals surface area (Å²) in [6.07, 6.45) is 0.106. The van der Waals surface area contributed by atoms with E-state index in [0.29, 0.717) is 17.2 Å². The molecule has 0 aliphatic rings. The Kier molecular flexibility index (Phi) is 7.56. The molecule has 0 spiro atoms. The van der Waals surface area contributed by atoms with Gasteiger partial charge in [-0.05, 0) is 37.6 Å². The Bertz CT molecular complexity index is 878. The van der Waals surface area contributed by atoms with E-state index in [-0.39, 0.29) is 24.7 Å². The zero-order valence-electron chi connectivity index (χ0n) is 16.5. The molecular formula is C21H25N3O4. The molecule has 2 aromatic rings. The second-order valence-corrected chi connectivity index (χ2v) is 6.16. The van der Waals surface area contributed by atoms with Crippen molar-refractivity contribution in [2.24, 2.45) is 5.10 Å². The number of carbonyl (C=O) groups is 2. The third kappa shape index (κ3) is 5.84. The van der Waals surface area contributed by atoms with Crippen LogP contribution in [0.1, 0.15) is 30.9 Å². The Morgan fingerprint density at radius 1 is 1.00 bits per heavy atom. The average molecular weight is 383 g/mol. The topological polar surface area (TPSA) is 89.0 Å². The number of anilines is 1. The lowest BCUT2D eigenvalue weighted by molar-refractivity contribution is -0.124. The first-order valence-electron chi connectivity index (χ1n) is 8.85. The molecular weight excluding hydrogens is 358 g/mol. The molecule has 28 heavy (non-hydrogen) atoms. The zero-order valence-corrected chi connectivity index (χ0v) is 16.5. The first-order valence-corrected chi connectivity index (χ1v) is 8.85. The van der Waals surface area contributed by atoms with Gasteiger partial charge in [-0.3, -0.25) is 9.59 Å². The van der Waals surface area contributed by atoms with Crippen LogP contribution < -0.4 is 20.2 Å². The number of amides is 2. The zero-order chi connectivity index (χ0) is 20.5. The second kappa shape index (κ2) is 10.1. The smallest absolute Gasteiger partial charge is 0.240 e. The third-order valence-electron chi connectivity index (χ3n) is 4.15. The van der Waals surface area contributed by atoms with E-state index in [0.717, 1.165) is 16.8 Å². The molecule has 0 saturated heterocycles. The SMILES string of the molecule is COc1ccc(C(C)=NNC(=O)CCC(=O)Nc2ccccc2C)c(OC)c1. The standard InChI is InChI=1S/C21H25N3O4/c1-14-7-5-6-8-18(14)22-20(25)11-12-21(26)24-23-15(2)17-10-9-16(27-3)13-19(17)28-4/h5-10,13H,11-12H2,1-4H3,(H,22,25)(H,24,26). The van der Waals surface area contributed by atoms with Crippen LogP contribution in [0.2, 0.25) is 0 Å². The number of nitrogens with zero attached hydrogens (tertiary/aromatic N) is 1. The summed E-state index contributed by atoms with van der Waals surface area (Å²) < 4.78 is 10.5. The Morgan fingerprint density at radius 2 is 1.71 bits per heavy atom. The summed E-state index contributed by atoms with van der Waals surface area (Å²) in [6.45, 7) is 3.67. The molecule has 0 aliphatic heterocycles. The van der Waals surface area contributed by atoms with Crippen LogP contribution in [0, 0.1) is 6.92 Å². The number of benzene rings is 2. The normalized spacial score (nSPS) is 10.9. The van der Waals surface area contributed by atoms with E-state index < -0.39 is 0 Å². The Labute approximate surface area is 164 Å². The molecule has 0 aromatic heterocycles. The summed E-state index contributed by atoms with van der Waals surface area (Å²) in [7, 11) is 3.13. The number of hydrogen-bond acceptors (Lipinski definition) is 5. The van der Waals surface area contributed by atoms with Crippen molar-refractivity contribution in [1.29, 1.82) is 0 Å². The maximum absolute atomic E-state index is 12.0. The first kappa shape index (κ1) is 21.0. The van der Waals surface area contributed by atoms with Crippen LogP contribution in [0.4, 0.5) is 5.69 Å². The molecule has 0 bridgehead atoms. The molecule has 2 amide bonds. The molecule has 0 saturated carbocycles. The Hall–Kier alpha value is -3.35. The Morgan fingerprint density at radius 3 is 2.39 bits per heavy atom. The predicted octanol–water partition coefficient (Wildman–Crippen LogP) is 3.27. The van der Waals surface area contributed by atoms with Gasteiger partial charge in [-0.2, -0.15) is 5.10 Å². The number of rotatable bonds is 8. The lowest BCUT2D eigenvalue weighted by Gasteiger charge is -2.10. The van der Waals surface area contributed by atoms with E-state index in [4.69, 9.17) is 9.47 Å². The van der Waals surface area contributed by atoms with Crippen molar-refractivity contribution in [2.75, 3.05) is 19.5 Å². The fourth-order valence-corrected chi connectivity index (χ4v) is 2.51. The monoisotopic (exact) mass is 383 g/mol. The molecule has 0 unspecified atom stereocenters. The van der Waals surface area contributed by atoms with Crippen molar-refractivity contribution >= 4 is 23.2 Å². The van der Waals surface area contributed by atoms with Crippen molar-refractivity contribution in [2.45, 2.75) is 26.7 Å². The molecule has 148 valence electrons. The minimum Gasteiger partial charge on any atom is -0.497 e. The number of ether oxygens (including phenoxy) is 2. The highest BCUT2D eigenvalue weighted by atomic mass is 16.5. The van der Waals surface area contributed by atoms with Gasteiger partial charge in [0, 0.05) is 30.2 Å². The van der Waals surface area contributed by atoms with Gasteiger partial charge < -0.3 is 14.8 Å². The highest BCUT2D eigenvalue weighted by Gasteiger charge is 2.10. The van der Waals surface area contributed by atoms with Crippen LogP contribution in [0.15, 0.2) is 47.6 Å². The quantitative estimate of drug-likeness (QED) is 0.541. The largest absolute Gasteiger partial charge is 0.497 e. The van der Waals surface area contributed by atoms with Crippen molar-refractivity contribution in [3.63, 3.8) is 0 Å². The number of hydrogen-bond donors (Lipinski definition) is 2. The summed E-state index contributed by atoms with van der Waals surface area (Å²) in [5.74, 6) is 0.693. The highest BCUT2D eigenvalue weighted by Crippen LogP contribution is 2.25. The maximum atomic E-state index is 12.0. The van der Waals surface area contributed by atoms with Crippen molar-refractivity contribution in [1.82, 2.24) is 5.43 Å². The highest BCUT2D eigenvalue weighted by molar-refractivity contribution is 6.02. The van der Waals surface area contributed by atoms with Gasteiger partial charge in [-0.1, -0.05) is 18.2 Å². The molecule has 0 fully saturated rings. The van der Waals surface area contributed by atoms with Gasteiger partial charge in [-0.15, -0.1) is 0 Å². The first-order chi connectivity index (χ1) is 13.4. The van der Waals surface area contributed by atoms with E-state index in [1.165, 1.54) is 0 Å². The number of para-hydroxylation sites is 1.